The Balaban J connectivity index is 0.000000180. The SMILES string of the molecule is CC(C)=CCN1CC[C@@]2(C)c3cc(O)ccc3C[C@@H]1[C@@H]2C.Nc1ccc(N=Nc2ccccc2)c(N)n1. The molecule has 0 radical (unpaired) electrons. The van der Waals surface area contributed by atoms with Gasteiger partial charge in [0.15, 0.2) is 5.82 Å². The van der Waals surface area contributed by atoms with Crippen LogP contribution in [0.2, 0.25) is 0 Å². The minimum absolute atomic E-state index is 0.207. The number of allylic oxidation sites excluding steroid dienone is 1. The second-order valence-corrected chi connectivity index (χ2v) is 10.5. The molecular weight excluding hydrogens is 460 g/mol. The Bertz CT molecular complexity index is 1280. The number of anilines is 2. The predicted octanol–water partition coefficient (Wildman–Crippen LogP) is 6.54. The summed E-state index contributed by atoms with van der Waals surface area (Å²) in [4.78, 5) is 6.54. The Morgan fingerprint density at radius 3 is 2.57 bits per heavy atom. The number of aromatic nitrogens is 1. The van der Waals surface area contributed by atoms with Crippen LogP contribution >= 0.6 is 0 Å². The zero-order chi connectivity index (χ0) is 26.6. The third-order valence-electron chi connectivity index (χ3n) is 7.79. The molecule has 1 aliphatic heterocycles. The number of pyridine rings is 1. The van der Waals surface area contributed by atoms with Crippen LogP contribution in [-0.2, 0) is 11.8 Å². The fourth-order valence-electron chi connectivity index (χ4n) is 5.40. The standard InChI is InChI=1S/C19H27NO.C11H11N5/c1-13(2)7-9-20-10-8-19(4)14(3)18(20)11-15-5-6-16(21)12-17(15)19;12-10-7-6-9(11(13)14-10)16-15-8-4-2-1-3-5-8/h5-7,12,14,18,21H,8-11H2,1-4H3;1-7H,(H4,12,13,14)/t14-,18+,19+;/m0./s1. The second-order valence-electron chi connectivity index (χ2n) is 10.5. The van der Waals surface area contributed by atoms with E-state index in [0.717, 1.165) is 25.2 Å². The topological polar surface area (TPSA) is 113 Å². The number of phenols is 1. The number of benzene rings is 2. The first-order valence-electron chi connectivity index (χ1n) is 12.9. The minimum atomic E-state index is 0.207. The highest BCUT2D eigenvalue weighted by molar-refractivity contribution is 5.60. The quantitative estimate of drug-likeness (QED) is 0.279. The number of nitrogen functional groups attached to an aromatic ring is 2. The van der Waals surface area contributed by atoms with E-state index in [-0.39, 0.29) is 11.2 Å². The van der Waals surface area contributed by atoms with Crippen molar-refractivity contribution in [2.45, 2.75) is 52.0 Å². The van der Waals surface area contributed by atoms with Gasteiger partial charge in [-0.25, -0.2) is 4.98 Å². The summed E-state index contributed by atoms with van der Waals surface area (Å²) in [6, 6.07) is 19.3. The summed E-state index contributed by atoms with van der Waals surface area (Å²) in [6.45, 7) is 11.4. The molecule has 7 nitrogen and oxygen atoms in total. The summed E-state index contributed by atoms with van der Waals surface area (Å²) < 4.78 is 0. The Labute approximate surface area is 219 Å². The van der Waals surface area contributed by atoms with Crippen molar-refractivity contribution in [1.29, 1.82) is 0 Å². The molecule has 1 aliphatic carbocycles. The number of hydrogen-bond donors (Lipinski definition) is 3. The lowest BCUT2D eigenvalue weighted by Gasteiger charge is -2.54. The highest BCUT2D eigenvalue weighted by atomic mass is 16.3. The maximum atomic E-state index is 9.87. The molecule has 2 heterocycles. The van der Waals surface area contributed by atoms with E-state index in [1.807, 2.05) is 42.5 Å². The Morgan fingerprint density at radius 1 is 1.11 bits per heavy atom. The van der Waals surface area contributed by atoms with Gasteiger partial charge >= 0.3 is 0 Å². The summed E-state index contributed by atoms with van der Waals surface area (Å²) in [5.74, 6) is 1.69. The first-order chi connectivity index (χ1) is 17.7. The molecule has 0 amide bonds. The number of fused-ring (bicyclic) bond motifs is 4. The maximum absolute atomic E-state index is 9.87. The average molecular weight is 499 g/mol. The van der Waals surface area contributed by atoms with Crippen LogP contribution in [0.15, 0.2) is 82.5 Å². The molecule has 0 unspecified atom stereocenters. The van der Waals surface area contributed by atoms with E-state index in [0.29, 0.717) is 29.2 Å². The van der Waals surface area contributed by atoms with Crippen LogP contribution in [0.5, 0.6) is 5.75 Å². The van der Waals surface area contributed by atoms with Crippen LogP contribution in [-0.4, -0.2) is 34.1 Å². The molecule has 37 heavy (non-hydrogen) atoms. The van der Waals surface area contributed by atoms with Crippen LogP contribution in [0.4, 0.5) is 23.0 Å². The Kier molecular flexibility index (Phi) is 7.93. The number of rotatable bonds is 4. The van der Waals surface area contributed by atoms with E-state index >= 15 is 0 Å². The Morgan fingerprint density at radius 2 is 1.86 bits per heavy atom. The molecule has 1 saturated heterocycles. The van der Waals surface area contributed by atoms with E-state index in [9.17, 15) is 5.11 Å². The highest BCUT2D eigenvalue weighted by Crippen LogP contribution is 2.49. The van der Waals surface area contributed by atoms with Crippen molar-refractivity contribution in [1.82, 2.24) is 9.88 Å². The van der Waals surface area contributed by atoms with Crippen molar-refractivity contribution in [3.8, 4) is 5.75 Å². The van der Waals surface area contributed by atoms with Gasteiger partial charge in [-0.05, 0) is 92.1 Å². The van der Waals surface area contributed by atoms with Gasteiger partial charge in [-0.15, -0.1) is 5.11 Å². The molecule has 3 aromatic rings. The van der Waals surface area contributed by atoms with E-state index in [1.165, 1.54) is 23.1 Å². The minimum Gasteiger partial charge on any atom is -0.508 e. The number of phenolic OH excluding ortho intramolecular Hbond substituents is 1. The molecule has 1 fully saturated rings. The van der Waals surface area contributed by atoms with Crippen molar-refractivity contribution in [2.75, 3.05) is 24.6 Å². The zero-order valence-corrected chi connectivity index (χ0v) is 22.2. The first kappa shape index (κ1) is 26.4. The lowest BCUT2D eigenvalue weighted by Crippen LogP contribution is -2.57. The summed E-state index contributed by atoms with van der Waals surface area (Å²) in [5.41, 5.74) is 16.8. The third kappa shape index (κ3) is 6.00. The smallest absolute Gasteiger partial charge is 0.153 e. The van der Waals surface area contributed by atoms with Gasteiger partial charge in [-0.2, -0.15) is 5.11 Å². The number of piperidine rings is 1. The lowest BCUT2D eigenvalue weighted by atomic mass is 9.59. The molecular formula is C30H38N6O. The van der Waals surface area contributed by atoms with Crippen LogP contribution < -0.4 is 11.5 Å². The predicted molar refractivity (Wildman–Crippen MR) is 151 cm³/mol. The number of hydrogen-bond acceptors (Lipinski definition) is 7. The number of nitrogens with zero attached hydrogens (tertiary/aromatic N) is 4. The van der Waals surface area contributed by atoms with Gasteiger partial charge in [0.05, 0.1) is 5.69 Å². The summed E-state index contributed by atoms with van der Waals surface area (Å²) in [5, 5.41) is 17.9. The second kappa shape index (κ2) is 11.1. The van der Waals surface area contributed by atoms with Crippen LogP contribution in [0.1, 0.15) is 45.2 Å². The van der Waals surface area contributed by atoms with Gasteiger partial charge < -0.3 is 16.6 Å². The molecule has 2 aliphatic rings. The largest absolute Gasteiger partial charge is 0.508 e. The fraction of sp³-hybridized carbons (Fsp3) is 0.367. The molecule has 3 atom stereocenters. The van der Waals surface area contributed by atoms with E-state index in [2.05, 4.69) is 59.9 Å². The maximum Gasteiger partial charge on any atom is 0.153 e. The molecule has 0 saturated carbocycles. The van der Waals surface area contributed by atoms with E-state index < -0.39 is 0 Å². The van der Waals surface area contributed by atoms with Crippen LogP contribution in [0.25, 0.3) is 0 Å². The van der Waals surface area contributed by atoms with Crippen LogP contribution in [0.3, 0.4) is 0 Å². The summed E-state index contributed by atoms with van der Waals surface area (Å²) >= 11 is 0. The molecule has 5 rings (SSSR count). The number of nitrogens with two attached hydrogens (primary N) is 2. The number of azo groups is 1. The van der Waals surface area contributed by atoms with Crippen molar-refractivity contribution in [2.24, 2.45) is 16.1 Å². The molecule has 0 spiro atoms. The molecule has 5 N–H and O–H groups in total. The summed E-state index contributed by atoms with van der Waals surface area (Å²) in [7, 11) is 0. The first-order valence-corrected chi connectivity index (χ1v) is 12.9. The average Bonchev–Trinajstić information content (AvgIpc) is 2.87. The molecule has 2 bridgehead atoms. The summed E-state index contributed by atoms with van der Waals surface area (Å²) in [6.07, 6.45) is 4.64. The molecule has 7 heteroatoms. The van der Waals surface area contributed by atoms with Crippen molar-refractivity contribution < 1.29 is 5.11 Å². The molecule has 194 valence electrons. The van der Waals surface area contributed by atoms with Crippen LogP contribution in [0, 0.1) is 5.92 Å². The van der Waals surface area contributed by atoms with Gasteiger partial charge in [0.2, 0.25) is 0 Å². The van der Waals surface area contributed by atoms with E-state index in [1.54, 1.807) is 12.1 Å². The van der Waals surface area contributed by atoms with Crippen molar-refractivity contribution in [3.05, 3.63) is 83.4 Å². The number of aromatic hydroxyl groups is 1. The van der Waals surface area contributed by atoms with E-state index in [4.69, 9.17) is 11.5 Å². The monoisotopic (exact) mass is 498 g/mol. The van der Waals surface area contributed by atoms with Gasteiger partial charge in [0, 0.05) is 12.6 Å². The van der Waals surface area contributed by atoms with Gasteiger partial charge in [-0.1, -0.05) is 49.8 Å². The Hall–Kier alpha value is -3.71. The fourth-order valence-corrected chi connectivity index (χ4v) is 5.40. The van der Waals surface area contributed by atoms with Gasteiger partial charge in [-0.3, -0.25) is 4.90 Å². The normalized spacial score (nSPS) is 22.6. The lowest BCUT2D eigenvalue weighted by molar-refractivity contribution is 0.0397. The zero-order valence-electron chi connectivity index (χ0n) is 22.2. The van der Waals surface area contributed by atoms with Gasteiger partial charge in [0.25, 0.3) is 0 Å². The van der Waals surface area contributed by atoms with Crippen molar-refractivity contribution in [3.63, 3.8) is 0 Å². The van der Waals surface area contributed by atoms with Crippen molar-refractivity contribution >= 4 is 23.0 Å². The van der Waals surface area contributed by atoms with Gasteiger partial charge in [0.1, 0.15) is 17.3 Å². The molecule has 2 aromatic carbocycles. The third-order valence-corrected chi connectivity index (χ3v) is 7.79. The number of likely N-dealkylation sites (tertiary alicyclic amines) is 1. The highest BCUT2D eigenvalue weighted by Gasteiger charge is 2.48. The molecule has 1 aromatic heterocycles.